The van der Waals surface area contributed by atoms with Crippen molar-refractivity contribution in [3.05, 3.63) is 0 Å². The van der Waals surface area contributed by atoms with Crippen molar-refractivity contribution in [2.24, 2.45) is 17.8 Å². The Balaban J connectivity index is 2.82. The highest BCUT2D eigenvalue weighted by Crippen LogP contribution is 2.41. The molecule has 1 amide bonds. The molecule has 21 heavy (non-hydrogen) atoms. The van der Waals surface area contributed by atoms with Gasteiger partial charge in [0.05, 0.1) is 5.92 Å². The Morgan fingerprint density at radius 3 is 2.33 bits per heavy atom. The molecular weight excluding hydrogens is 287 g/mol. The zero-order chi connectivity index (χ0) is 16.2. The first-order valence-corrected chi connectivity index (χ1v) is 7.28. The highest BCUT2D eigenvalue weighted by atomic mass is 19.4. The molecule has 0 aromatic carbocycles. The predicted molar refractivity (Wildman–Crippen MR) is 70.5 cm³/mol. The molecule has 0 heterocycles. The van der Waals surface area contributed by atoms with Gasteiger partial charge in [0, 0.05) is 5.92 Å². The van der Waals surface area contributed by atoms with E-state index < -0.39 is 35.9 Å². The average Bonchev–Trinajstić information content (AvgIpc) is 2.42. The summed E-state index contributed by atoms with van der Waals surface area (Å²) in [5, 5.41) is 11.4. The lowest BCUT2D eigenvalue weighted by molar-refractivity contribution is -0.198. The third-order valence-corrected chi connectivity index (χ3v) is 4.30. The number of alkyl halides is 3. The number of halogens is 3. The van der Waals surface area contributed by atoms with Crippen LogP contribution >= 0.6 is 0 Å². The number of hydrogen-bond acceptors (Lipinski definition) is 2. The minimum atomic E-state index is -4.42. The minimum absolute atomic E-state index is 0.0668. The van der Waals surface area contributed by atoms with Crippen molar-refractivity contribution in [1.29, 1.82) is 0 Å². The fourth-order valence-corrected chi connectivity index (χ4v) is 2.78. The zero-order valence-corrected chi connectivity index (χ0v) is 12.2. The Morgan fingerprint density at radius 2 is 1.86 bits per heavy atom. The summed E-state index contributed by atoms with van der Waals surface area (Å²) in [4.78, 5) is 23.3. The van der Waals surface area contributed by atoms with Crippen LogP contribution < -0.4 is 5.32 Å². The van der Waals surface area contributed by atoms with Crippen molar-refractivity contribution in [2.45, 2.75) is 58.2 Å². The molecule has 122 valence electrons. The van der Waals surface area contributed by atoms with Gasteiger partial charge >= 0.3 is 12.1 Å². The van der Waals surface area contributed by atoms with Crippen LogP contribution in [0.2, 0.25) is 0 Å². The molecule has 7 heteroatoms. The fourth-order valence-electron chi connectivity index (χ4n) is 2.78. The first-order valence-electron chi connectivity index (χ1n) is 7.28. The third kappa shape index (κ3) is 4.61. The maximum absolute atomic E-state index is 13.0. The van der Waals surface area contributed by atoms with Gasteiger partial charge in [-0.3, -0.25) is 4.79 Å². The summed E-state index contributed by atoms with van der Waals surface area (Å²) in [6.07, 6.45) is -2.80. The Bertz CT molecular complexity index is 384. The topological polar surface area (TPSA) is 66.4 Å². The summed E-state index contributed by atoms with van der Waals surface area (Å²) in [6, 6.07) is -1.14. The number of hydrogen-bond donors (Lipinski definition) is 2. The van der Waals surface area contributed by atoms with Crippen molar-refractivity contribution in [3.8, 4) is 0 Å². The number of amides is 1. The van der Waals surface area contributed by atoms with E-state index in [1.54, 1.807) is 13.8 Å². The maximum Gasteiger partial charge on any atom is 0.392 e. The van der Waals surface area contributed by atoms with Crippen molar-refractivity contribution < 1.29 is 27.9 Å². The Morgan fingerprint density at radius 1 is 1.29 bits per heavy atom. The van der Waals surface area contributed by atoms with Crippen LogP contribution in [0.15, 0.2) is 0 Å². The molecule has 0 aliphatic heterocycles. The van der Waals surface area contributed by atoms with Gasteiger partial charge in [-0.15, -0.1) is 0 Å². The second-order valence-corrected chi connectivity index (χ2v) is 5.75. The van der Waals surface area contributed by atoms with Crippen molar-refractivity contribution >= 4 is 11.9 Å². The highest BCUT2D eigenvalue weighted by Gasteiger charge is 2.48. The zero-order valence-electron chi connectivity index (χ0n) is 12.2. The number of carbonyl (C=O) groups excluding carboxylic acids is 1. The van der Waals surface area contributed by atoms with E-state index in [0.29, 0.717) is 19.3 Å². The van der Waals surface area contributed by atoms with Crippen LogP contribution in [-0.4, -0.2) is 29.2 Å². The first kappa shape index (κ1) is 17.8. The molecule has 1 fully saturated rings. The van der Waals surface area contributed by atoms with Crippen LogP contribution in [0.4, 0.5) is 13.2 Å². The smallest absolute Gasteiger partial charge is 0.392 e. The van der Waals surface area contributed by atoms with Gasteiger partial charge in [0.15, 0.2) is 0 Å². The number of carbonyl (C=O) groups is 2. The Labute approximate surface area is 122 Å². The molecule has 1 aliphatic rings. The summed E-state index contributed by atoms with van der Waals surface area (Å²) in [5.41, 5.74) is 0. The van der Waals surface area contributed by atoms with Gasteiger partial charge in [-0.2, -0.15) is 13.2 Å². The molecule has 4 atom stereocenters. The van der Waals surface area contributed by atoms with Gasteiger partial charge in [-0.05, 0) is 18.8 Å². The van der Waals surface area contributed by atoms with E-state index in [0.717, 1.165) is 0 Å². The molecule has 0 aromatic heterocycles. The number of rotatable bonds is 5. The largest absolute Gasteiger partial charge is 0.480 e. The Kier molecular flexibility index (Phi) is 6.04. The maximum atomic E-state index is 13.0. The summed E-state index contributed by atoms with van der Waals surface area (Å²) in [5.74, 6) is -5.18. The molecule has 0 bridgehead atoms. The molecule has 0 spiro atoms. The molecule has 1 rings (SSSR count). The lowest BCUT2D eigenvalue weighted by atomic mass is 9.78. The summed E-state index contributed by atoms with van der Waals surface area (Å²) >= 11 is 0. The molecule has 1 saturated carbocycles. The van der Waals surface area contributed by atoms with Crippen LogP contribution in [0.1, 0.15) is 46.0 Å². The van der Waals surface area contributed by atoms with Crippen LogP contribution in [-0.2, 0) is 9.59 Å². The van der Waals surface area contributed by atoms with E-state index in [1.165, 1.54) is 0 Å². The van der Waals surface area contributed by atoms with Gasteiger partial charge in [-0.1, -0.05) is 33.1 Å². The molecule has 0 radical (unpaired) electrons. The summed E-state index contributed by atoms with van der Waals surface area (Å²) < 4.78 is 38.9. The van der Waals surface area contributed by atoms with E-state index in [9.17, 15) is 22.8 Å². The number of carboxylic acids is 1. The highest BCUT2D eigenvalue weighted by molar-refractivity contribution is 5.85. The molecule has 2 N–H and O–H groups in total. The van der Waals surface area contributed by atoms with Crippen LogP contribution in [0, 0.1) is 17.8 Å². The van der Waals surface area contributed by atoms with Crippen molar-refractivity contribution in [2.75, 3.05) is 0 Å². The van der Waals surface area contributed by atoms with E-state index in [-0.39, 0.29) is 18.8 Å². The van der Waals surface area contributed by atoms with Crippen molar-refractivity contribution in [1.82, 2.24) is 5.32 Å². The minimum Gasteiger partial charge on any atom is -0.480 e. The van der Waals surface area contributed by atoms with E-state index >= 15 is 0 Å². The van der Waals surface area contributed by atoms with E-state index in [2.05, 4.69) is 5.32 Å². The number of carboxylic acid groups (broad SMARTS) is 1. The molecule has 0 saturated heterocycles. The van der Waals surface area contributed by atoms with Gasteiger partial charge in [0.25, 0.3) is 0 Å². The average molecular weight is 309 g/mol. The number of aliphatic carboxylic acids is 1. The molecule has 0 aromatic rings. The SMILES string of the molecule is CCC(C)C(NC(=O)C1CCCCC1C(F)(F)F)C(=O)O. The van der Waals surface area contributed by atoms with E-state index in [4.69, 9.17) is 5.11 Å². The molecular formula is C14H22F3NO3. The normalized spacial score (nSPS) is 26.0. The van der Waals surface area contributed by atoms with Crippen LogP contribution in [0.5, 0.6) is 0 Å². The lowest BCUT2D eigenvalue weighted by Crippen LogP contribution is -2.50. The molecule has 4 nitrogen and oxygen atoms in total. The van der Waals surface area contributed by atoms with Gasteiger partial charge in [0.2, 0.25) is 5.91 Å². The van der Waals surface area contributed by atoms with Crippen molar-refractivity contribution in [3.63, 3.8) is 0 Å². The Hall–Kier alpha value is -1.27. The summed E-state index contributed by atoms with van der Waals surface area (Å²) in [7, 11) is 0. The van der Waals surface area contributed by atoms with Gasteiger partial charge in [0.1, 0.15) is 6.04 Å². The molecule has 4 unspecified atom stereocenters. The van der Waals surface area contributed by atoms with Crippen LogP contribution in [0.3, 0.4) is 0 Å². The van der Waals surface area contributed by atoms with Gasteiger partial charge in [-0.25, -0.2) is 4.79 Å². The second-order valence-electron chi connectivity index (χ2n) is 5.75. The quantitative estimate of drug-likeness (QED) is 0.820. The monoisotopic (exact) mass is 309 g/mol. The van der Waals surface area contributed by atoms with Crippen LogP contribution in [0.25, 0.3) is 0 Å². The lowest BCUT2D eigenvalue weighted by Gasteiger charge is -2.33. The fraction of sp³-hybridized carbons (Fsp3) is 0.857. The molecule has 1 aliphatic carbocycles. The number of nitrogens with one attached hydrogen (secondary N) is 1. The third-order valence-electron chi connectivity index (χ3n) is 4.30. The second kappa shape index (κ2) is 7.13. The first-order chi connectivity index (χ1) is 9.68. The predicted octanol–water partition coefficient (Wildman–Crippen LogP) is 2.97. The standard InChI is InChI=1S/C14H22F3NO3/c1-3-8(2)11(13(20)21)18-12(19)9-6-4-5-7-10(9)14(15,16)17/h8-11H,3-7H2,1-2H3,(H,18,19)(H,20,21). The van der Waals surface area contributed by atoms with Gasteiger partial charge < -0.3 is 10.4 Å². The van der Waals surface area contributed by atoms with E-state index in [1.807, 2.05) is 0 Å². The summed E-state index contributed by atoms with van der Waals surface area (Å²) in [6.45, 7) is 3.42.